The van der Waals surface area contributed by atoms with Crippen molar-refractivity contribution in [2.45, 2.75) is 37.9 Å². The van der Waals surface area contributed by atoms with Crippen LogP contribution in [0.4, 0.5) is 0 Å². The van der Waals surface area contributed by atoms with Crippen LogP contribution in [0.15, 0.2) is 24.3 Å². The van der Waals surface area contributed by atoms with Gasteiger partial charge in [0.15, 0.2) is 0 Å². The van der Waals surface area contributed by atoms with E-state index >= 15 is 0 Å². The Labute approximate surface area is 148 Å². The van der Waals surface area contributed by atoms with E-state index in [0.717, 1.165) is 51.1 Å². The maximum atomic E-state index is 11.0. The molecule has 1 saturated carbocycles. The monoisotopic (exact) mass is 348 g/mol. The maximum Gasteiger partial charge on any atom is 0.248 e. The third-order valence-corrected chi connectivity index (χ3v) is 5.84. The standard InChI is InChI=1S/C19H28N2O4/c1-24-17-13-16(22)19(17)7-10-21(11-8-19)9-2-12-25-15-5-3-14(4-6-15)18(20)23/h3-6,16-17,22H,2,7-13H2,1H3,(H2,20,23)/t16-,17+/m1/s1. The van der Waals surface area contributed by atoms with E-state index < -0.39 is 5.91 Å². The van der Waals surface area contributed by atoms with E-state index in [1.54, 1.807) is 31.4 Å². The number of benzene rings is 1. The van der Waals surface area contributed by atoms with Gasteiger partial charge in [-0.05, 0) is 56.6 Å². The summed E-state index contributed by atoms with van der Waals surface area (Å²) in [6, 6.07) is 6.90. The number of nitrogens with two attached hydrogens (primary N) is 1. The van der Waals surface area contributed by atoms with E-state index in [9.17, 15) is 9.90 Å². The van der Waals surface area contributed by atoms with E-state index in [4.69, 9.17) is 15.2 Å². The van der Waals surface area contributed by atoms with Crippen molar-refractivity contribution in [1.29, 1.82) is 0 Å². The van der Waals surface area contributed by atoms with Gasteiger partial charge in [0.1, 0.15) is 5.75 Å². The fourth-order valence-corrected chi connectivity index (χ4v) is 4.10. The Hall–Kier alpha value is -1.63. The minimum Gasteiger partial charge on any atom is -0.494 e. The molecule has 3 rings (SSSR count). The summed E-state index contributed by atoms with van der Waals surface area (Å²) in [5.41, 5.74) is 5.70. The number of carbonyl (C=O) groups is 1. The molecule has 3 N–H and O–H groups in total. The minimum atomic E-state index is -0.429. The van der Waals surface area contributed by atoms with Gasteiger partial charge in [-0.15, -0.1) is 0 Å². The average molecular weight is 348 g/mol. The van der Waals surface area contributed by atoms with Crippen molar-refractivity contribution >= 4 is 5.91 Å². The van der Waals surface area contributed by atoms with Crippen molar-refractivity contribution in [2.75, 3.05) is 33.4 Å². The van der Waals surface area contributed by atoms with Crippen LogP contribution < -0.4 is 10.5 Å². The Morgan fingerprint density at radius 3 is 2.56 bits per heavy atom. The molecule has 0 bridgehead atoms. The van der Waals surface area contributed by atoms with Gasteiger partial charge in [-0.1, -0.05) is 0 Å². The van der Waals surface area contributed by atoms with Crippen LogP contribution in [0.2, 0.25) is 0 Å². The number of piperidine rings is 1. The molecule has 138 valence electrons. The first-order valence-corrected chi connectivity index (χ1v) is 9.01. The highest BCUT2D eigenvalue weighted by atomic mass is 16.5. The van der Waals surface area contributed by atoms with Gasteiger partial charge >= 0.3 is 0 Å². The van der Waals surface area contributed by atoms with Crippen LogP contribution in [0.25, 0.3) is 0 Å². The number of aliphatic hydroxyl groups excluding tert-OH is 1. The molecule has 2 atom stereocenters. The van der Waals surface area contributed by atoms with Gasteiger partial charge in [-0.25, -0.2) is 0 Å². The molecule has 1 amide bonds. The Balaban J connectivity index is 1.36. The maximum absolute atomic E-state index is 11.0. The molecule has 1 aromatic carbocycles. The third-order valence-electron chi connectivity index (χ3n) is 5.84. The molecular formula is C19H28N2O4. The Kier molecular flexibility index (Phi) is 5.61. The van der Waals surface area contributed by atoms with E-state index in [1.807, 2.05) is 0 Å². The lowest BCUT2D eigenvalue weighted by Gasteiger charge is -2.56. The van der Waals surface area contributed by atoms with E-state index in [-0.39, 0.29) is 17.6 Å². The van der Waals surface area contributed by atoms with Crippen molar-refractivity contribution in [3.63, 3.8) is 0 Å². The molecule has 1 aromatic rings. The average Bonchev–Trinajstić information content (AvgIpc) is 2.64. The second-order valence-electron chi connectivity index (χ2n) is 7.14. The topological polar surface area (TPSA) is 85.0 Å². The van der Waals surface area contributed by atoms with Crippen LogP contribution in [0.3, 0.4) is 0 Å². The minimum absolute atomic E-state index is 0.01000. The number of nitrogens with zero attached hydrogens (tertiary/aromatic N) is 1. The van der Waals surface area contributed by atoms with Crippen molar-refractivity contribution in [3.8, 4) is 5.75 Å². The van der Waals surface area contributed by atoms with Gasteiger partial charge in [-0.3, -0.25) is 4.79 Å². The quantitative estimate of drug-likeness (QED) is 0.728. The Morgan fingerprint density at radius 1 is 1.32 bits per heavy atom. The summed E-state index contributed by atoms with van der Waals surface area (Å²) in [5.74, 6) is 0.324. The summed E-state index contributed by atoms with van der Waals surface area (Å²) in [6.45, 7) is 3.64. The Morgan fingerprint density at radius 2 is 2.00 bits per heavy atom. The molecule has 1 saturated heterocycles. The molecule has 0 radical (unpaired) electrons. The highest BCUT2D eigenvalue weighted by molar-refractivity contribution is 5.92. The summed E-state index contributed by atoms with van der Waals surface area (Å²) in [4.78, 5) is 13.5. The van der Waals surface area contributed by atoms with Crippen LogP contribution >= 0.6 is 0 Å². The predicted molar refractivity (Wildman–Crippen MR) is 94.6 cm³/mol. The van der Waals surface area contributed by atoms with Crippen molar-refractivity contribution in [1.82, 2.24) is 4.90 Å². The third kappa shape index (κ3) is 3.81. The number of ether oxygens (including phenoxy) is 2. The van der Waals surface area contributed by atoms with Gasteiger partial charge in [0, 0.05) is 31.1 Å². The SMILES string of the molecule is CO[C@H]1C[C@@H](O)C12CCN(CCCOc1ccc(C(N)=O)cc1)CC2. The number of hydrogen-bond acceptors (Lipinski definition) is 5. The predicted octanol–water partition coefficient (Wildman–Crippen LogP) is 1.42. The molecule has 0 unspecified atom stereocenters. The zero-order chi connectivity index (χ0) is 17.9. The highest BCUT2D eigenvalue weighted by Gasteiger charge is 2.55. The number of methoxy groups -OCH3 is 1. The summed E-state index contributed by atoms with van der Waals surface area (Å²) >= 11 is 0. The first-order valence-electron chi connectivity index (χ1n) is 9.01. The second kappa shape index (κ2) is 7.72. The number of rotatable bonds is 7. The normalized spacial score (nSPS) is 25.5. The van der Waals surface area contributed by atoms with Crippen molar-refractivity contribution in [2.24, 2.45) is 11.1 Å². The molecule has 6 nitrogen and oxygen atoms in total. The van der Waals surface area contributed by atoms with E-state index in [1.165, 1.54) is 0 Å². The number of amides is 1. The second-order valence-corrected chi connectivity index (χ2v) is 7.14. The highest BCUT2D eigenvalue weighted by Crippen LogP contribution is 2.50. The zero-order valence-corrected chi connectivity index (χ0v) is 14.8. The molecule has 25 heavy (non-hydrogen) atoms. The molecule has 1 spiro atoms. The van der Waals surface area contributed by atoms with E-state index in [2.05, 4.69) is 4.90 Å². The molecule has 1 aliphatic heterocycles. The Bertz CT molecular complexity index is 582. The molecule has 2 fully saturated rings. The fraction of sp³-hybridized carbons (Fsp3) is 0.632. The van der Waals surface area contributed by atoms with E-state index in [0.29, 0.717) is 12.2 Å². The molecule has 1 heterocycles. The first-order chi connectivity index (χ1) is 12.0. The zero-order valence-electron chi connectivity index (χ0n) is 14.8. The lowest BCUT2D eigenvalue weighted by atomic mass is 9.58. The lowest BCUT2D eigenvalue weighted by molar-refractivity contribution is -0.201. The van der Waals surface area contributed by atoms with Crippen LogP contribution in [0, 0.1) is 5.41 Å². The number of primary amides is 1. The lowest BCUT2D eigenvalue weighted by Crippen LogP contribution is -2.62. The number of likely N-dealkylation sites (tertiary alicyclic amines) is 1. The van der Waals surface area contributed by atoms with Gasteiger partial charge in [-0.2, -0.15) is 0 Å². The number of carbonyl (C=O) groups excluding carboxylic acids is 1. The van der Waals surface area contributed by atoms with Crippen molar-refractivity contribution < 1.29 is 19.4 Å². The first kappa shape index (κ1) is 18.2. The summed E-state index contributed by atoms with van der Waals surface area (Å²) in [7, 11) is 1.75. The van der Waals surface area contributed by atoms with Gasteiger partial charge in [0.05, 0.1) is 18.8 Å². The van der Waals surface area contributed by atoms with Crippen LogP contribution in [0.1, 0.15) is 36.0 Å². The number of aliphatic hydroxyl groups is 1. The molecule has 1 aliphatic carbocycles. The molecule has 2 aliphatic rings. The van der Waals surface area contributed by atoms with Gasteiger partial charge in [0.2, 0.25) is 5.91 Å². The molecule has 6 heteroatoms. The van der Waals surface area contributed by atoms with Crippen molar-refractivity contribution in [3.05, 3.63) is 29.8 Å². The fourth-order valence-electron chi connectivity index (χ4n) is 4.10. The summed E-state index contributed by atoms with van der Waals surface area (Å²) < 4.78 is 11.2. The molecular weight excluding hydrogens is 320 g/mol. The van der Waals surface area contributed by atoms with Crippen LogP contribution in [0.5, 0.6) is 5.75 Å². The van der Waals surface area contributed by atoms with Gasteiger partial charge in [0.25, 0.3) is 0 Å². The largest absolute Gasteiger partial charge is 0.494 e. The van der Waals surface area contributed by atoms with Crippen LogP contribution in [-0.2, 0) is 4.74 Å². The van der Waals surface area contributed by atoms with Crippen LogP contribution in [-0.4, -0.2) is 61.5 Å². The summed E-state index contributed by atoms with van der Waals surface area (Å²) in [5, 5.41) is 10.2. The number of hydrogen-bond donors (Lipinski definition) is 2. The smallest absolute Gasteiger partial charge is 0.248 e. The summed E-state index contributed by atoms with van der Waals surface area (Å²) in [6.07, 6.45) is 3.74. The molecule has 0 aromatic heterocycles. The van der Waals surface area contributed by atoms with Gasteiger partial charge < -0.3 is 25.2 Å².